The number of hydrogen-bond acceptors (Lipinski definition) is 3. The number of nitrogens with zero attached hydrogens (tertiary/aromatic N) is 1. The van der Waals surface area contributed by atoms with Crippen LogP contribution in [-0.4, -0.2) is 48.8 Å². The fourth-order valence-corrected chi connectivity index (χ4v) is 2.10. The Morgan fingerprint density at radius 2 is 2.07 bits per heavy atom. The van der Waals surface area contributed by atoms with Gasteiger partial charge in [0.25, 0.3) is 0 Å². The van der Waals surface area contributed by atoms with Crippen molar-refractivity contribution >= 4 is 0 Å². The standard InChI is InChI=1S/C11H24N2O/c1-3-12-8-11-4-6-13(7-5-11)9-10(2)14/h10-12,14H,3-9H2,1-2H3/t10-/m1/s1. The maximum absolute atomic E-state index is 9.26. The summed E-state index contributed by atoms with van der Waals surface area (Å²) in [5, 5.41) is 12.7. The van der Waals surface area contributed by atoms with Crippen LogP contribution >= 0.6 is 0 Å². The average Bonchev–Trinajstić information content (AvgIpc) is 2.16. The van der Waals surface area contributed by atoms with Crippen LogP contribution in [0.4, 0.5) is 0 Å². The monoisotopic (exact) mass is 200 g/mol. The highest BCUT2D eigenvalue weighted by molar-refractivity contribution is 4.74. The van der Waals surface area contributed by atoms with Crippen molar-refractivity contribution in [2.75, 3.05) is 32.7 Å². The molecule has 0 unspecified atom stereocenters. The first-order valence-electron chi connectivity index (χ1n) is 5.83. The molecule has 0 radical (unpaired) electrons. The zero-order chi connectivity index (χ0) is 10.4. The van der Waals surface area contributed by atoms with E-state index in [1.807, 2.05) is 6.92 Å². The first-order valence-corrected chi connectivity index (χ1v) is 5.83. The summed E-state index contributed by atoms with van der Waals surface area (Å²) in [6.07, 6.45) is 2.37. The van der Waals surface area contributed by atoms with E-state index in [0.29, 0.717) is 0 Å². The van der Waals surface area contributed by atoms with Crippen LogP contribution in [0, 0.1) is 5.92 Å². The molecule has 1 aliphatic heterocycles. The van der Waals surface area contributed by atoms with Crippen LogP contribution in [0.3, 0.4) is 0 Å². The minimum Gasteiger partial charge on any atom is -0.392 e. The molecular weight excluding hydrogens is 176 g/mol. The van der Waals surface area contributed by atoms with Gasteiger partial charge in [0.1, 0.15) is 0 Å². The maximum Gasteiger partial charge on any atom is 0.0639 e. The highest BCUT2D eigenvalue weighted by Crippen LogP contribution is 2.16. The molecule has 84 valence electrons. The molecule has 0 aromatic heterocycles. The van der Waals surface area contributed by atoms with E-state index < -0.39 is 0 Å². The van der Waals surface area contributed by atoms with Gasteiger partial charge in [-0.3, -0.25) is 0 Å². The summed E-state index contributed by atoms with van der Waals surface area (Å²) in [6, 6.07) is 0. The summed E-state index contributed by atoms with van der Waals surface area (Å²) in [5.74, 6) is 0.847. The Balaban J connectivity index is 2.11. The Kier molecular flexibility index (Phi) is 5.45. The SMILES string of the molecule is CCNCC1CCN(C[C@@H](C)O)CC1. The largest absolute Gasteiger partial charge is 0.392 e. The van der Waals surface area contributed by atoms with Gasteiger partial charge in [-0.05, 0) is 51.9 Å². The van der Waals surface area contributed by atoms with Gasteiger partial charge in [0.2, 0.25) is 0 Å². The van der Waals surface area contributed by atoms with Gasteiger partial charge in [0.05, 0.1) is 6.10 Å². The second-order valence-corrected chi connectivity index (χ2v) is 4.40. The van der Waals surface area contributed by atoms with Gasteiger partial charge < -0.3 is 15.3 Å². The number of aliphatic hydroxyl groups is 1. The molecule has 0 aliphatic carbocycles. The van der Waals surface area contributed by atoms with Crippen LogP contribution < -0.4 is 5.32 Å². The Bertz CT molecular complexity index is 142. The molecule has 0 aromatic rings. The fraction of sp³-hybridized carbons (Fsp3) is 1.00. The van der Waals surface area contributed by atoms with E-state index in [1.165, 1.54) is 19.4 Å². The van der Waals surface area contributed by atoms with Gasteiger partial charge in [-0.15, -0.1) is 0 Å². The Hall–Kier alpha value is -0.120. The van der Waals surface area contributed by atoms with Gasteiger partial charge in [-0.2, -0.15) is 0 Å². The van der Waals surface area contributed by atoms with E-state index in [-0.39, 0.29) is 6.10 Å². The summed E-state index contributed by atoms with van der Waals surface area (Å²) >= 11 is 0. The summed E-state index contributed by atoms with van der Waals surface area (Å²) in [7, 11) is 0. The zero-order valence-electron chi connectivity index (χ0n) is 9.50. The van der Waals surface area contributed by atoms with Crippen molar-refractivity contribution < 1.29 is 5.11 Å². The minimum atomic E-state index is -0.180. The predicted molar refractivity (Wildman–Crippen MR) is 59.4 cm³/mol. The molecule has 3 nitrogen and oxygen atoms in total. The van der Waals surface area contributed by atoms with Gasteiger partial charge in [-0.25, -0.2) is 0 Å². The van der Waals surface area contributed by atoms with E-state index in [1.54, 1.807) is 0 Å². The van der Waals surface area contributed by atoms with Crippen molar-refractivity contribution in [2.24, 2.45) is 5.92 Å². The van der Waals surface area contributed by atoms with Gasteiger partial charge in [0.15, 0.2) is 0 Å². The lowest BCUT2D eigenvalue weighted by Gasteiger charge is -2.32. The van der Waals surface area contributed by atoms with E-state index in [0.717, 1.165) is 32.1 Å². The number of β-amino-alcohol motifs (C(OH)–C–C–N with tert-alkyl or cyclic N) is 1. The smallest absolute Gasteiger partial charge is 0.0639 e. The van der Waals surface area contributed by atoms with Crippen molar-refractivity contribution in [3.63, 3.8) is 0 Å². The molecule has 3 heteroatoms. The van der Waals surface area contributed by atoms with Crippen molar-refractivity contribution in [1.29, 1.82) is 0 Å². The third-order valence-electron chi connectivity index (χ3n) is 2.91. The first kappa shape index (κ1) is 12.0. The van der Waals surface area contributed by atoms with Gasteiger partial charge >= 0.3 is 0 Å². The molecule has 1 fully saturated rings. The lowest BCUT2D eigenvalue weighted by atomic mass is 9.96. The number of likely N-dealkylation sites (tertiary alicyclic amines) is 1. The molecule has 0 amide bonds. The number of aliphatic hydroxyl groups excluding tert-OH is 1. The Morgan fingerprint density at radius 3 is 2.57 bits per heavy atom. The van der Waals surface area contributed by atoms with E-state index in [2.05, 4.69) is 17.1 Å². The summed E-state index contributed by atoms with van der Waals surface area (Å²) < 4.78 is 0. The molecule has 2 N–H and O–H groups in total. The van der Waals surface area contributed by atoms with E-state index in [9.17, 15) is 5.11 Å². The first-order chi connectivity index (χ1) is 6.72. The Labute approximate surface area is 87.5 Å². The van der Waals surface area contributed by atoms with Crippen LogP contribution in [0.15, 0.2) is 0 Å². The average molecular weight is 200 g/mol. The lowest BCUT2D eigenvalue weighted by Crippen LogP contribution is -2.40. The van der Waals surface area contributed by atoms with Crippen molar-refractivity contribution in [3.05, 3.63) is 0 Å². The van der Waals surface area contributed by atoms with Crippen LogP contribution in [0.1, 0.15) is 26.7 Å². The number of hydrogen-bond donors (Lipinski definition) is 2. The molecule has 1 heterocycles. The van der Waals surface area contributed by atoms with Crippen molar-refractivity contribution in [2.45, 2.75) is 32.8 Å². The third kappa shape index (κ3) is 4.40. The highest BCUT2D eigenvalue weighted by atomic mass is 16.3. The number of rotatable bonds is 5. The number of nitrogens with one attached hydrogen (secondary N) is 1. The molecule has 0 saturated carbocycles. The summed E-state index contributed by atoms with van der Waals surface area (Å²) in [5.41, 5.74) is 0. The minimum absolute atomic E-state index is 0.180. The lowest BCUT2D eigenvalue weighted by molar-refractivity contribution is 0.0999. The second kappa shape index (κ2) is 6.38. The van der Waals surface area contributed by atoms with Gasteiger partial charge in [-0.1, -0.05) is 6.92 Å². The number of piperidine rings is 1. The van der Waals surface area contributed by atoms with Crippen LogP contribution in [0.5, 0.6) is 0 Å². The summed E-state index contributed by atoms with van der Waals surface area (Å²) in [4.78, 5) is 2.37. The fourth-order valence-electron chi connectivity index (χ4n) is 2.10. The molecule has 0 bridgehead atoms. The van der Waals surface area contributed by atoms with E-state index >= 15 is 0 Å². The molecule has 1 rings (SSSR count). The van der Waals surface area contributed by atoms with Gasteiger partial charge in [0, 0.05) is 6.54 Å². The molecule has 0 spiro atoms. The molecule has 14 heavy (non-hydrogen) atoms. The van der Waals surface area contributed by atoms with E-state index in [4.69, 9.17) is 0 Å². The predicted octanol–water partition coefficient (Wildman–Crippen LogP) is 0.689. The van der Waals surface area contributed by atoms with Crippen LogP contribution in [-0.2, 0) is 0 Å². The third-order valence-corrected chi connectivity index (χ3v) is 2.91. The molecule has 1 atom stereocenters. The maximum atomic E-state index is 9.26. The molecule has 1 saturated heterocycles. The second-order valence-electron chi connectivity index (χ2n) is 4.40. The highest BCUT2D eigenvalue weighted by Gasteiger charge is 2.19. The molecule has 0 aromatic carbocycles. The normalized spacial score (nSPS) is 22.5. The quantitative estimate of drug-likeness (QED) is 0.685. The van der Waals surface area contributed by atoms with Crippen LogP contribution in [0.2, 0.25) is 0 Å². The van der Waals surface area contributed by atoms with Crippen molar-refractivity contribution in [3.8, 4) is 0 Å². The molecular formula is C11H24N2O. The topological polar surface area (TPSA) is 35.5 Å². The van der Waals surface area contributed by atoms with Crippen LogP contribution in [0.25, 0.3) is 0 Å². The Morgan fingerprint density at radius 1 is 1.43 bits per heavy atom. The zero-order valence-corrected chi connectivity index (χ0v) is 9.50. The van der Waals surface area contributed by atoms with Crippen molar-refractivity contribution in [1.82, 2.24) is 10.2 Å². The molecule has 1 aliphatic rings. The summed E-state index contributed by atoms with van der Waals surface area (Å²) in [6.45, 7) is 9.41.